The summed E-state index contributed by atoms with van der Waals surface area (Å²) in [6.07, 6.45) is 3.75. The normalized spacial score (nSPS) is 27.5. The van der Waals surface area contributed by atoms with Crippen LogP contribution in [0.3, 0.4) is 0 Å². The van der Waals surface area contributed by atoms with E-state index in [0.717, 1.165) is 12.8 Å². The maximum atomic E-state index is 11.8. The minimum Gasteiger partial charge on any atom is -0.481 e. The summed E-state index contributed by atoms with van der Waals surface area (Å²) in [5.74, 6) is -0.126. The van der Waals surface area contributed by atoms with E-state index in [0.29, 0.717) is 36.6 Å². The lowest BCUT2D eigenvalue weighted by Gasteiger charge is -2.41. The molecule has 0 aliphatic heterocycles. The van der Waals surface area contributed by atoms with Crippen LogP contribution in [0.4, 0.5) is 0 Å². The van der Waals surface area contributed by atoms with Gasteiger partial charge in [-0.25, -0.2) is 4.63 Å². The van der Waals surface area contributed by atoms with E-state index in [1.165, 1.54) is 0 Å². The van der Waals surface area contributed by atoms with Gasteiger partial charge in [0.2, 0.25) is 0 Å². The Morgan fingerprint density at radius 3 is 2.35 bits per heavy atom. The third kappa shape index (κ3) is 2.86. The van der Waals surface area contributed by atoms with E-state index in [1.54, 1.807) is 0 Å². The number of aliphatic carboxylic acids is 1. The number of hydrogen-bond donors (Lipinski definition) is 1. The summed E-state index contributed by atoms with van der Waals surface area (Å²) in [4.78, 5) is 11.8. The molecular formula is C15H24N2O3. The number of hydrogen-bond acceptors (Lipinski definition) is 4. The van der Waals surface area contributed by atoms with Crippen molar-refractivity contribution in [2.75, 3.05) is 0 Å². The molecule has 0 atom stereocenters. The SMILES string of the molecule is Cc1nonc1CC1(C(=O)O)CCC(C(C)(C)C)CC1. The minimum atomic E-state index is -0.716. The molecule has 1 N–H and O–H groups in total. The van der Waals surface area contributed by atoms with Crippen molar-refractivity contribution in [3.05, 3.63) is 11.4 Å². The molecule has 1 aromatic heterocycles. The predicted octanol–water partition coefficient (Wildman–Crippen LogP) is 3.23. The molecule has 0 unspecified atom stereocenters. The summed E-state index contributed by atoms with van der Waals surface area (Å²) < 4.78 is 4.69. The first kappa shape index (κ1) is 15.0. The van der Waals surface area contributed by atoms with Crippen molar-refractivity contribution >= 4 is 5.97 Å². The fourth-order valence-electron chi connectivity index (χ4n) is 3.23. The van der Waals surface area contributed by atoms with Crippen LogP contribution in [0.2, 0.25) is 0 Å². The van der Waals surface area contributed by atoms with E-state index in [2.05, 4.69) is 31.1 Å². The van der Waals surface area contributed by atoms with E-state index in [-0.39, 0.29) is 5.41 Å². The second-order valence-corrected chi connectivity index (χ2v) is 7.20. The molecule has 0 bridgehead atoms. The second kappa shape index (κ2) is 5.19. The fraction of sp³-hybridized carbons (Fsp3) is 0.800. The monoisotopic (exact) mass is 280 g/mol. The first-order valence-electron chi connectivity index (χ1n) is 7.26. The first-order valence-corrected chi connectivity index (χ1v) is 7.26. The van der Waals surface area contributed by atoms with Crippen LogP contribution in [-0.2, 0) is 11.2 Å². The Morgan fingerprint density at radius 1 is 1.35 bits per heavy atom. The Bertz CT molecular complexity index is 480. The molecular weight excluding hydrogens is 256 g/mol. The Hall–Kier alpha value is -1.39. The molecule has 0 saturated heterocycles. The van der Waals surface area contributed by atoms with Crippen molar-refractivity contribution in [3.8, 4) is 0 Å². The van der Waals surface area contributed by atoms with E-state index in [4.69, 9.17) is 4.63 Å². The highest BCUT2D eigenvalue weighted by Crippen LogP contribution is 2.47. The molecule has 112 valence electrons. The maximum absolute atomic E-state index is 11.8. The molecule has 2 rings (SSSR count). The third-order valence-corrected chi connectivity index (χ3v) is 4.87. The molecule has 1 aliphatic carbocycles. The molecule has 0 radical (unpaired) electrons. The minimum absolute atomic E-state index is 0.246. The zero-order chi connectivity index (χ0) is 15.0. The quantitative estimate of drug-likeness (QED) is 0.919. The summed E-state index contributed by atoms with van der Waals surface area (Å²) in [5, 5.41) is 17.3. The Balaban J connectivity index is 2.14. The number of aryl methyl sites for hydroxylation is 1. The smallest absolute Gasteiger partial charge is 0.310 e. The van der Waals surface area contributed by atoms with E-state index >= 15 is 0 Å². The van der Waals surface area contributed by atoms with Crippen molar-refractivity contribution in [2.24, 2.45) is 16.7 Å². The van der Waals surface area contributed by atoms with Gasteiger partial charge < -0.3 is 5.11 Å². The number of carbonyl (C=O) groups is 1. The van der Waals surface area contributed by atoms with Crippen molar-refractivity contribution < 1.29 is 14.5 Å². The van der Waals surface area contributed by atoms with Gasteiger partial charge in [0.05, 0.1) is 5.41 Å². The van der Waals surface area contributed by atoms with Gasteiger partial charge in [0.25, 0.3) is 0 Å². The molecule has 5 heteroatoms. The lowest BCUT2D eigenvalue weighted by molar-refractivity contribution is -0.152. The van der Waals surface area contributed by atoms with Gasteiger partial charge in [0, 0.05) is 6.42 Å². The fourth-order valence-corrected chi connectivity index (χ4v) is 3.23. The van der Waals surface area contributed by atoms with E-state index in [1.807, 2.05) is 6.92 Å². The number of nitrogens with zero attached hydrogens (tertiary/aromatic N) is 2. The van der Waals surface area contributed by atoms with Gasteiger partial charge in [0.15, 0.2) is 0 Å². The van der Waals surface area contributed by atoms with Gasteiger partial charge >= 0.3 is 5.97 Å². The molecule has 1 heterocycles. The van der Waals surface area contributed by atoms with Gasteiger partial charge in [0.1, 0.15) is 11.4 Å². The summed E-state index contributed by atoms with van der Waals surface area (Å²) in [6, 6.07) is 0. The molecule has 1 aromatic rings. The van der Waals surface area contributed by atoms with Crippen molar-refractivity contribution in [1.29, 1.82) is 0 Å². The maximum Gasteiger partial charge on any atom is 0.310 e. The Kier molecular flexibility index (Phi) is 3.89. The van der Waals surface area contributed by atoms with Crippen LogP contribution >= 0.6 is 0 Å². The molecule has 1 saturated carbocycles. The molecule has 5 nitrogen and oxygen atoms in total. The average molecular weight is 280 g/mol. The summed E-state index contributed by atoms with van der Waals surface area (Å²) in [7, 11) is 0. The highest BCUT2D eigenvalue weighted by Gasteiger charge is 2.45. The van der Waals surface area contributed by atoms with Crippen molar-refractivity contribution in [1.82, 2.24) is 10.3 Å². The molecule has 0 amide bonds. The van der Waals surface area contributed by atoms with Crippen LogP contribution < -0.4 is 0 Å². The van der Waals surface area contributed by atoms with E-state index in [9.17, 15) is 9.90 Å². The second-order valence-electron chi connectivity index (χ2n) is 7.20. The largest absolute Gasteiger partial charge is 0.481 e. The van der Waals surface area contributed by atoms with Gasteiger partial charge in [-0.05, 0) is 43.9 Å². The van der Waals surface area contributed by atoms with Crippen LogP contribution in [-0.4, -0.2) is 21.4 Å². The highest BCUT2D eigenvalue weighted by atomic mass is 16.6. The van der Waals surface area contributed by atoms with Crippen LogP contribution in [0.25, 0.3) is 0 Å². The lowest BCUT2D eigenvalue weighted by Crippen LogP contribution is -2.40. The summed E-state index contributed by atoms with van der Waals surface area (Å²) >= 11 is 0. The molecule has 0 aromatic carbocycles. The van der Waals surface area contributed by atoms with Gasteiger partial charge in [-0.15, -0.1) is 0 Å². The zero-order valence-corrected chi connectivity index (χ0v) is 12.8. The van der Waals surface area contributed by atoms with Gasteiger partial charge in [-0.3, -0.25) is 4.79 Å². The van der Waals surface area contributed by atoms with Gasteiger partial charge in [-0.2, -0.15) is 0 Å². The third-order valence-electron chi connectivity index (χ3n) is 4.87. The topological polar surface area (TPSA) is 76.2 Å². The Morgan fingerprint density at radius 2 is 1.95 bits per heavy atom. The molecule has 0 spiro atoms. The van der Waals surface area contributed by atoms with Crippen molar-refractivity contribution in [2.45, 2.75) is 59.8 Å². The highest BCUT2D eigenvalue weighted by molar-refractivity contribution is 5.75. The molecule has 1 aliphatic rings. The number of carboxylic acids is 1. The summed E-state index contributed by atoms with van der Waals surface area (Å²) in [6.45, 7) is 8.51. The molecule has 20 heavy (non-hydrogen) atoms. The first-order chi connectivity index (χ1) is 9.24. The Labute approximate surface area is 119 Å². The standard InChI is InChI=1S/C15H24N2O3/c1-10-12(17-20-16-10)9-15(13(18)19)7-5-11(6-8-15)14(2,3)4/h11H,5-9H2,1-4H3,(H,18,19). The lowest BCUT2D eigenvalue weighted by atomic mass is 9.62. The average Bonchev–Trinajstić information content (AvgIpc) is 2.74. The molecule has 1 fully saturated rings. The van der Waals surface area contributed by atoms with Crippen LogP contribution in [0.5, 0.6) is 0 Å². The van der Waals surface area contributed by atoms with Gasteiger partial charge in [-0.1, -0.05) is 31.1 Å². The van der Waals surface area contributed by atoms with Crippen LogP contribution in [0, 0.1) is 23.7 Å². The van der Waals surface area contributed by atoms with Crippen LogP contribution in [0.1, 0.15) is 57.8 Å². The predicted molar refractivity (Wildman–Crippen MR) is 74.2 cm³/mol. The number of rotatable bonds is 3. The van der Waals surface area contributed by atoms with Crippen molar-refractivity contribution in [3.63, 3.8) is 0 Å². The number of aromatic nitrogens is 2. The zero-order valence-electron chi connectivity index (χ0n) is 12.8. The number of carboxylic acid groups (broad SMARTS) is 1. The summed E-state index contributed by atoms with van der Waals surface area (Å²) in [5.41, 5.74) is 0.923. The van der Waals surface area contributed by atoms with Crippen LogP contribution in [0.15, 0.2) is 4.63 Å². The van der Waals surface area contributed by atoms with E-state index < -0.39 is 11.4 Å².